The fraction of sp³-hybridized carbons (Fsp3) is 0.190. The Morgan fingerprint density at radius 3 is 2.83 bits per heavy atom. The van der Waals surface area contributed by atoms with Gasteiger partial charge in [0.05, 0.1) is 6.54 Å². The van der Waals surface area contributed by atoms with Gasteiger partial charge in [0.1, 0.15) is 0 Å². The molecule has 3 aromatic carbocycles. The lowest BCUT2D eigenvalue weighted by atomic mass is 10.1. The first-order valence-corrected chi connectivity index (χ1v) is 8.60. The van der Waals surface area contributed by atoms with Gasteiger partial charge in [-0.05, 0) is 36.1 Å². The van der Waals surface area contributed by atoms with E-state index in [0.29, 0.717) is 0 Å². The van der Waals surface area contributed by atoms with E-state index in [0.717, 1.165) is 34.6 Å². The maximum absolute atomic E-state index is 6.35. The number of aryl methyl sites for hydroxylation is 1. The molecular formula is C21H19N2O+. The summed E-state index contributed by atoms with van der Waals surface area (Å²) in [5, 5.41) is 2.37. The Labute approximate surface area is 140 Å². The van der Waals surface area contributed by atoms with Gasteiger partial charge < -0.3 is 4.74 Å². The first kappa shape index (κ1) is 13.6. The van der Waals surface area contributed by atoms with E-state index in [-0.39, 0.29) is 0 Å². The molecule has 2 heterocycles. The van der Waals surface area contributed by atoms with Crippen molar-refractivity contribution in [1.29, 1.82) is 0 Å². The van der Waals surface area contributed by atoms with Gasteiger partial charge in [0.25, 0.3) is 0 Å². The van der Waals surface area contributed by atoms with Gasteiger partial charge >= 0.3 is 0 Å². The summed E-state index contributed by atoms with van der Waals surface area (Å²) < 4.78 is 11.0. The van der Waals surface area contributed by atoms with Gasteiger partial charge in [0, 0.05) is 5.39 Å². The lowest BCUT2D eigenvalue weighted by Crippen LogP contribution is -2.31. The Balaban J connectivity index is 1.82. The monoisotopic (exact) mass is 315 g/mol. The van der Waals surface area contributed by atoms with Crippen LogP contribution in [0.5, 0.6) is 11.5 Å². The molecule has 118 valence electrons. The van der Waals surface area contributed by atoms with Crippen LogP contribution >= 0.6 is 0 Å². The Bertz CT molecular complexity index is 1080. The Kier molecular flexibility index (Phi) is 2.89. The predicted octanol–water partition coefficient (Wildman–Crippen LogP) is 4.98. The zero-order valence-corrected chi connectivity index (χ0v) is 13.7. The van der Waals surface area contributed by atoms with E-state index in [1.807, 2.05) is 0 Å². The highest BCUT2D eigenvalue weighted by Crippen LogP contribution is 2.43. The second kappa shape index (κ2) is 5.10. The molecule has 0 fully saturated rings. The fourth-order valence-electron chi connectivity index (χ4n) is 3.65. The average molecular weight is 315 g/mol. The molecule has 0 saturated carbocycles. The molecule has 4 aromatic rings. The Morgan fingerprint density at radius 1 is 1.00 bits per heavy atom. The lowest BCUT2D eigenvalue weighted by molar-refractivity contribution is -0.672. The molecule has 0 aliphatic carbocycles. The molecule has 3 nitrogen and oxygen atoms in total. The van der Waals surface area contributed by atoms with E-state index in [4.69, 9.17) is 4.74 Å². The van der Waals surface area contributed by atoms with Crippen molar-refractivity contribution in [2.45, 2.75) is 26.3 Å². The summed E-state index contributed by atoms with van der Waals surface area (Å²) in [7, 11) is 0. The van der Waals surface area contributed by atoms with Gasteiger partial charge in [-0.2, -0.15) is 4.57 Å². The second-order valence-electron chi connectivity index (χ2n) is 6.39. The first-order valence-electron chi connectivity index (χ1n) is 8.60. The third-order valence-electron chi connectivity index (χ3n) is 4.87. The normalized spacial score (nSPS) is 12.4. The highest BCUT2D eigenvalue weighted by Gasteiger charge is 2.29. The summed E-state index contributed by atoms with van der Waals surface area (Å²) in [6.45, 7) is 3.26. The molecule has 0 spiro atoms. The summed E-state index contributed by atoms with van der Waals surface area (Å²) in [4.78, 5) is 0. The van der Waals surface area contributed by atoms with Crippen molar-refractivity contribution in [2.75, 3.05) is 0 Å². The molecule has 24 heavy (non-hydrogen) atoms. The number of aromatic nitrogens is 2. The summed E-state index contributed by atoms with van der Waals surface area (Å²) in [5.41, 5.74) is 3.52. The first-order chi connectivity index (χ1) is 11.9. The molecule has 0 unspecified atom stereocenters. The highest BCUT2D eigenvalue weighted by atomic mass is 16.5. The van der Waals surface area contributed by atoms with E-state index in [2.05, 4.69) is 77.0 Å². The summed E-state index contributed by atoms with van der Waals surface area (Å²) >= 11 is 0. The minimum Gasteiger partial charge on any atom is -0.448 e. The van der Waals surface area contributed by atoms with E-state index >= 15 is 0 Å². The van der Waals surface area contributed by atoms with Gasteiger partial charge in [-0.3, -0.25) is 0 Å². The molecule has 0 atom stereocenters. The molecule has 1 aromatic heterocycles. The number of ether oxygens (including phenoxy) is 1. The van der Waals surface area contributed by atoms with Crippen molar-refractivity contribution in [3.8, 4) is 17.2 Å². The van der Waals surface area contributed by atoms with Crippen LogP contribution in [0.25, 0.3) is 27.5 Å². The van der Waals surface area contributed by atoms with Crippen LogP contribution in [0.1, 0.15) is 19.8 Å². The number of para-hydroxylation sites is 1. The number of fused-ring (bicyclic) bond motifs is 4. The number of hydrogen-bond donors (Lipinski definition) is 0. The molecule has 0 saturated heterocycles. The van der Waals surface area contributed by atoms with Gasteiger partial charge in [-0.15, -0.1) is 0 Å². The standard InChI is InChI=1S/C21H19N2O/c1-2-3-13-22-14-23-18-12-11-15-7-4-5-8-16(15)21(18)24-19-10-6-9-17(22)20(19)23/h4-12,14H,2-3,13H2,1H3/q+1. The van der Waals surface area contributed by atoms with E-state index in [1.54, 1.807) is 0 Å². The van der Waals surface area contributed by atoms with Crippen LogP contribution in [0, 0.1) is 0 Å². The van der Waals surface area contributed by atoms with Gasteiger partial charge in [0.15, 0.2) is 22.7 Å². The molecule has 0 radical (unpaired) electrons. The fourth-order valence-corrected chi connectivity index (χ4v) is 3.65. The van der Waals surface area contributed by atoms with Gasteiger partial charge in [-0.25, -0.2) is 4.57 Å². The van der Waals surface area contributed by atoms with E-state index < -0.39 is 0 Å². The molecule has 1 aliphatic rings. The topological polar surface area (TPSA) is 18.0 Å². The van der Waals surface area contributed by atoms with Crippen LogP contribution in [0.3, 0.4) is 0 Å². The van der Waals surface area contributed by atoms with Crippen molar-refractivity contribution in [3.05, 3.63) is 60.9 Å². The molecular weight excluding hydrogens is 296 g/mol. The van der Waals surface area contributed by atoms with Crippen LogP contribution in [0.15, 0.2) is 60.9 Å². The largest absolute Gasteiger partial charge is 0.448 e. The van der Waals surface area contributed by atoms with Crippen LogP contribution in [-0.4, -0.2) is 4.57 Å². The highest BCUT2D eigenvalue weighted by molar-refractivity contribution is 5.95. The van der Waals surface area contributed by atoms with Crippen molar-refractivity contribution < 1.29 is 9.30 Å². The van der Waals surface area contributed by atoms with Crippen molar-refractivity contribution >= 4 is 21.8 Å². The van der Waals surface area contributed by atoms with Crippen molar-refractivity contribution in [2.24, 2.45) is 0 Å². The summed E-state index contributed by atoms with van der Waals surface area (Å²) in [5.74, 6) is 1.89. The Morgan fingerprint density at radius 2 is 1.92 bits per heavy atom. The van der Waals surface area contributed by atoms with Gasteiger partial charge in [0.2, 0.25) is 11.8 Å². The molecule has 0 N–H and O–H groups in total. The minimum absolute atomic E-state index is 0.937. The van der Waals surface area contributed by atoms with Crippen LogP contribution in [-0.2, 0) is 6.54 Å². The number of hydrogen-bond acceptors (Lipinski definition) is 1. The smallest absolute Gasteiger partial charge is 0.250 e. The molecule has 0 amide bonds. The minimum atomic E-state index is 0.937. The van der Waals surface area contributed by atoms with E-state index in [1.165, 1.54) is 23.7 Å². The molecule has 1 aliphatic heterocycles. The molecule has 5 rings (SSSR count). The number of imidazole rings is 1. The zero-order valence-electron chi connectivity index (χ0n) is 13.7. The number of unbranched alkanes of at least 4 members (excludes halogenated alkanes) is 1. The zero-order chi connectivity index (χ0) is 16.1. The molecule has 0 bridgehead atoms. The van der Waals surface area contributed by atoms with Gasteiger partial charge in [-0.1, -0.05) is 43.7 Å². The number of benzene rings is 3. The van der Waals surface area contributed by atoms with E-state index in [9.17, 15) is 0 Å². The van der Waals surface area contributed by atoms with Crippen LogP contribution < -0.4 is 9.30 Å². The lowest BCUT2D eigenvalue weighted by Gasteiger charge is -2.16. The van der Waals surface area contributed by atoms with Crippen molar-refractivity contribution in [1.82, 2.24) is 4.57 Å². The predicted molar refractivity (Wildman–Crippen MR) is 96.0 cm³/mol. The average Bonchev–Trinajstić information content (AvgIpc) is 3.00. The number of rotatable bonds is 3. The Hall–Kier alpha value is -2.81. The van der Waals surface area contributed by atoms with Crippen LogP contribution in [0.4, 0.5) is 0 Å². The van der Waals surface area contributed by atoms with Crippen molar-refractivity contribution in [3.63, 3.8) is 0 Å². The third kappa shape index (κ3) is 1.81. The number of nitrogens with zero attached hydrogens (tertiary/aromatic N) is 2. The summed E-state index contributed by atoms with van der Waals surface area (Å²) in [6, 6.07) is 19.1. The maximum Gasteiger partial charge on any atom is 0.250 e. The molecule has 3 heteroatoms. The second-order valence-corrected chi connectivity index (χ2v) is 6.39. The third-order valence-corrected chi connectivity index (χ3v) is 4.87. The quantitative estimate of drug-likeness (QED) is 0.430. The SMILES string of the molecule is CCCC[n+]1cn2c3c(cccc31)Oc1c-2ccc2ccccc12. The van der Waals surface area contributed by atoms with Crippen LogP contribution in [0.2, 0.25) is 0 Å². The summed E-state index contributed by atoms with van der Waals surface area (Å²) in [6.07, 6.45) is 4.59. The maximum atomic E-state index is 6.35.